The van der Waals surface area contributed by atoms with E-state index >= 15 is 0 Å². The Morgan fingerprint density at radius 2 is 1.95 bits per heavy atom. The molecule has 1 heterocycles. The lowest BCUT2D eigenvalue weighted by molar-refractivity contribution is 0.0695. The van der Waals surface area contributed by atoms with Crippen LogP contribution in [0.1, 0.15) is 45.9 Å². The van der Waals surface area contributed by atoms with Crippen LogP contribution in [0.4, 0.5) is 0 Å². The van der Waals surface area contributed by atoms with Crippen LogP contribution in [-0.2, 0) is 0 Å². The van der Waals surface area contributed by atoms with Crippen molar-refractivity contribution in [2.45, 2.75) is 32.6 Å². The number of nitrogens with zero attached hydrogens (tertiary/aromatic N) is 1. The van der Waals surface area contributed by atoms with Crippen LogP contribution in [0.3, 0.4) is 0 Å². The molecule has 1 fully saturated rings. The van der Waals surface area contributed by atoms with Gasteiger partial charge < -0.3 is 5.11 Å². The molecule has 1 saturated carbocycles. The van der Waals surface area contributed by atoms with Gasteiger partial charge in [0, 0.05) is 11.5 Å². The zero-order chi connectivity index (χ0) is 14.3. The number of rotatable bonds is 3. The Labute approximate surface area is 118 Å². The maximum Gasteiger partial charge on any atom is 0.337 e. The predicted molar refractivity (Wildman–Crippen MR) is 78.1 cm³/mol. The highest BCUT2D eigenvalue weighted by Crippen LogP contribution is 2.41. The highest BCUT2D eigenvalue weighted by atomic mass is 16.4. The Bertz CT molecular complexity index is 687. The Balaban J connectivity index is 2.10. The molecule has 1 aromatic heterocycles. The molecule has 102 valence electrons. The number of aromatic nitrogens is 1. The number of carboxylic acid groups (broad SMARTS) is 1. The van der Waals surface area contributed by atoms with Crippen LogP contribution in [0.2, 0.25) is 0 Å². The van der Waals surface area contributed by atoms with Crippen LogP contribution in [0.25, 0.3) is 11.3 Å². The third-order valence-corrected chi connectivity index (χ3v) is 3.78. The minimum absolute atomic E-state index is 0.326. The van der Waals surface area contributed by atoms with E-state index in [1.165, 1.54) is 11.1 Å². The first-order valence-electron chi connectivity index (χ1n) is 6.88. The summed E-state index contributed by atoms with van der Waals surface area (Å²) in [4.78, 5) is 15.9. The summed E-state index contributed by atoms with van der Waals surface area (Å²) in [5, 5.41) is 9.25. The average Bonchev–Trinajstić information content (AvgIpc) is 3.22. The van der Waals surface area contributed by atoms with Crippen LogP contribution in [0.5, 0.6) is 0 Å². The first kappa shape index (κ1) is 12.9. The first-order valence-corrected chi connectivity index (χ1v) is 6.88. The lowest BCUT2D eigenvalue weighted by Gasteiger charge is -2.10. The largest absolute Gasteiger partial charge is 0.478 e. The molecule has 2 aromatic rings. The van der Waals surface area contributed by atoms with Crippen molar-refractivity contribution >= 4 is 5.97 Å². The Morgan fingerprint density at radius 3 is 2.55 bits per heavy atom. The molecule has 3 rings (SSSR count). The minimum Gasteiger partial charge on any atom is -0.478 e. The van der Waals surface area contributed by atoms with Gasteiger partial charge in [-0.3, -0.25) is 4.98 Å². The summed E-state index contributed by atoms with van der Waals surface area (Å²) in [6.07, 6.45) is 2.09. The summed E-state index contributed by atoms with van der Waals surface area (Å²) in [7, 11) is 0. The first-order chi connectivity index (χ1) is 9.56. The summed E-state index contributed by atoms with van der Waals surface area (Å²) in [6, 6.07) is 9.75. The summed E-state index contributed by atoms with van der Waals surface area (Å²) in [5.41, 5.74) is 5.43. The molecule has 1 aliphatic carbocycles. The number of carbonyl (C=O) groups is 1. The van der Waals surface area contributed by atoms with Gasteiger partial charge in [0.1, 0.15) is 0 Å². The van der Waals surface area contributed by atoms with Gasteiger partial charge in [0.25, 0.3) is 0 Å². The molecule has 1 aliphatic rings. The summed E-state index contributed by atoms with van der Waals surface area (Å²) >= 11 is 0. The molecular weight excluding hydrogens is 250 g/mol. The average molecular weight is 267 g/mol. The third kappa shape index (κ3) is 2.31. The second-order valence-electron chi connectivity index (χ2n) is 5.53. The number of benzene rings is 1. The van der Waals surface area contributed by atoms with Gasteiger partial charge in [-0.2, -0.15) is 0 Å². The lowest BCUT2D eigenvalue weighted by Crippen LogP contribution is -2.05. The summed E-state index contributed by atoms with van der Waals surface area (Å²) in [6.45, 7) is 4.12. The number of carboxylic acids is 1. The van der Waals surface area contributed by atoms with Gasteiger partial charge in [0.2, 0.25) is 0 Å². The van der Waals surface area contributed by atoms with Gasteiger partial charge in [-0.25, -0.2) is 4.79 Å². The van der Waals surface area contributed by atoms with Crippen molar-refractivity contribution in [1.82, 2.24) is 4.98 Å². The number of pyridine rings is 1. The predicted octanol–water partition coefficient (Wildman–Crippen LogP) is 3.94. The number of hydrogen-bond acceptors (Lipinski definition) is 2. The van der Waals surface area contributed by atoms with Gasteiger partial charge in [0.05, 0.1) is 17.0 Å². The SMILES string of the molecule is Cc1ccc(-c2ccc(C(=O)O)c(C3CC3)n2)c(C)c1. The highest BCUT2D eigenvalue weighted by Gasteiger charge is 2.30. The van der Waals surface area contributed by atoms with E-state index < -0.39 is 5.97 Å². The molecule has 0 aliphatic heterocycles. The Hall–Kier alpha value is -2.16. The highest BCUT2D eigenvalue weighted by molar-refractivity contribution is 5.89. The van der Waals surface area contributed by atoms with E-state index in [0.717, 1.165) is 29.8 Å². The second kappa shape index (κ2) is 4.75. The number of aromatic carboxylic acids is 1. The van der Waals surface area contributed by atoms with Crippen LogP contribution in [-0.4, -0.2) is 16.1 Å². The minimum atomic E-state index is -0.883. The van der Waals surface area contributed by atoms with Crippen molar-refractivity contribution in [3.63, 3.8) is 0 Å². The molecule has 1 N–H and O–H groups in total. The van der Waals surface area contributed by atoms with Crippen LogP contribution in [0, 0.1) is 13.8 Å². The van der Waals surface area contributed by atoms with Crippen LogP contribution < -0.4 is 0 Å². The monoisotopic (exact) mass is 267 g/mol. The molecule has 0 radical (unpaired) electrons. The lowest BCUT2D eigenvalue weighted by atomic mass is 10.0. The molecule has 3 heteroatoms. The van der Waals surface area contributed by atoms with Gasteiger partial charge >= 0.3 is 5.97 Å². The maximum absolute atomic E-state index is 11.3. The van der Waals surface area contributed by atoms with Crippen molar-refractivity contribution in [2.24, 2.45) is 0 Å². The molecule has 0 unspecified atom stereocenters. The van der Waals surface area contributed by atoms with Gasteiger partial charge in [-0.1, -0.05) is 23.8 Å². The maximum atomic E-state index is 11.3. The Morgan fingerprint density at radius 1 is 1.20 bits per heavy atom. The van der Waals surface area contributed by atoms with Crippen molar-refractivity contribution in [2.75, 3.05) is 0 Å². The van der Waals surface area contributed by atoms with Gasteiger partial charge in [-0.05, 0) is 44.4 Å². The van der Waals surface area contributed by atoms with E-state index in [-0.39, 0.29) is 0 Å². The van der Waals surface area contributed by atoms with Crippen molar-refractivity contribution < 1.29 is 9.90 Å². The molecule has 0 amide bonds. The van der Waals surface area contributed by atoms with E-state index in [4.69, 9.17) is 0 Å². The van der Waals surface area contributed by atoms with E-state index in [1.807, 2.05) is 6.07 Å². The van der Waals surface area contributed by atoms with Crippen molar-refractivity contribution in [3.8, 4) is 11.3 Å². The molecular formula is C17H17NO2. The topological polar surface area (TPSA) is 50.2 Å². The summed E-state index contributed by atoms with van der Waals surface area (Å²) in [5.74, 6) is -0.557. The molecule has 3 nitrogen and oxygen atoms in total. The molecule has 0 saturated heterocycles. The summed E-state index contributed by atoms with van der Waals surface area (Å²) < 4.78 is 0. The fourth-order valence-corrected chi connectivity index (χ4v) is 2.57. The van der Waals surface area contributed by atoms with Gasteiger partial charge in [-0.15, -0.1) is 0 Å². The Kier molecular flexibility index (Phi) is 3.05. The normalized spacial score (nSPS) is 14.3. The molecule has 1 aromatic carbocycles. The fourth-order valence-electron chi connectivity index (χ4n) is 2.57. The molecule has 0 bridgehead atoms. The van der Waals surface area contributed by atoms with E-state index in [2.05, 4.69) is 37.0 Å². The zero-order valence-electron chi connectivity index (χ0n) is 11.7. The molecule has 0 spiro atoms. The van der Waals surface area contributed by atoms with Crippen LogP contribution >= 0.6 is 0 Å². The van der Waals surface area contributed by atoms with Crippen molar-refractivity contribution in [3.05, 3.63) is 52.7 Å². The quantitative estimate of drug-likeness (QED) is 0.916. The molecule has 0 atom stereocenters. The van der Waals surface area contributed by atoms with E-state index in [1.54, 1.807) is 6.07 Å². The number of aryl methyl sites for hydroxylation is 2. The third-order valence-electron chi connectivity index (χ3n) is 3.78. The van der Waals surface area contributed by atoms with Crippen LogP contribution in [0.15, 0.2) is 30.3 Å². The molecule has 20 heavy (non-hydrogen) atoms. The van der Waals surface area contributed by atoms with E-state index in [0.29, 0.717) is 11.5 Å². The zero-order valence-corrected chi connectivity index (χ0v) is 11.7. The van der Waals surface area contributed by atoms with E-state index in [9.17, 15) is 9.90 Å². The van der Waals surface area contributed by atoms with Crippen molar-refractivity contribution in [1.29, 1.82) is 0 Å². The smallest absolute Gasteiger partial charge is 0.337 e. The van der Waals surface area contributed by atoms with Gasteiger partial charge in [0.15, 0.2) is 0 Å². The second-order valence-corrected chi connectivity index (χ2v) is 5.53. The standard InChI is InChI=1S/C17H17NO2/c1-10-3-6-13(11(2)9-10)15-8-7-14(17(19)20)16(18-15)12-4-5-12/h3,6-9,12H,4-5H2,1-2H3,(H,19,20). The fraction of sp³-hybridized carbons (Fsp3) is 0.294. The number of hydrogen-bond donors (Lipinski definition) is 1.